The van der Waals surface area contributed by atoms with E-state index in [4.69, 9.17) is 23.2 Å². The average molecular weight is 582 g/mol. The number of para-hydroxylation sites is 1. The molecule has 2 aromatic carbocycles. The van der Waals surface area contributed by atoms with Crippen LogP contribution in [0.1, 0.15) is 21.6 Å². The normalized spacial score (nSPS) is 12.3. The van der Waals surface area contributed by atoms with Crippen molar-refractivity contribution >= 4 is 60.2 Å². The number of halogens is 5. The number of aromatic nitrogens is 1. The fraction of sp³-hybridized carbons (Fsp3) is 0.143. The van der Waals surface area contributed by atoms with Crippen LogP contribution in [0.5, 0.6) is 0 Å². The lowest BCUT2D eigenvalue weighted by atomic mass is 10.0. The Morgan fingerprint density at radius 2 is 1.67 bits per heavy atom. The van der Waals surface area contributed by atoms with E-state index in [-0.39, 0.29) is 16.3 Å². The van der Waals surface area contributed by atoms with Gasteiger partial charge in [-0.2, -0.15) is 13.2 Å². The van der Waals surface area contributed by atoms with E-state index in [2.05, 4.69) is 10.3 Å². The second kappa shape index (κ2) is 10.2. The maximum absolute atomic E-state index is 13.3. The van der Waals surface area contributed by atoms with Gasteiger partial charge in [-0.1, -0.05) is 35.3 Å². The van der Waals surface area contributed by atoms with E-state index >= 15 is 0 Å². The Balaban J connectivity index is 2.04. The Kier molecular flexibility index (Phi) is 7.89. The molecule has 1 aromatic heterocycles. The summed E-state index contributed by atoms with van der Waals surface area (Å²) in [4.78, 5) is 16.4. The quantitative estimate of drug-likeness (QED) is 0.364. The molecule has 0 saturated carbocycles. The van der Waals surface area contributed by atoms with Gasteiger partial charge in [-0.25, -0.2) is 21.8 Å². The number of pyridine rings is 1. The molecule has 0 amide bonds. The fourth-order valence-electron chi connectivity index (χ4n) is 2.96. The first-order chi connectivity index (χ1) is 16.6. The van der Waals surface area contributed by atoms with E-state index in [1.807, 2.05) is 4.72 Å². The lowest BCUT2D eigenvalue weighted by molar-refractivity contribution is -0.137. The van der Waals surface area contributed by atoms with Crippen LogP contribution in [-0.4, -0.2) is 39.7 Å². The molecule has 0 bridgehead atoms. The molecule has 3 aromatic rings. The van der Waals surface area contributed by atoms with Gasteiger partial charge in [0.2, 0.25) is 5.78 Å². The van der Waals surface area contributed by atoms with Gasteiger partial charge in [0.05, 0.1) is 26.2 Å². The SMILES string of the molecule is CS(=O)(=O)CNc1ccccc1C(=O)c1ncc(Cl)cc1NS(=O)(=O)c1ccc(Cl)c(C(F)(F)F)c1. The minimum Gasteiger partial charge on any atom is -0.371 e. The molecule has 8 nitrogen and oxygen atoms in total. The highest BCUT2D eigenvalue weighted by atomic mass is 35.5. The molecule has 0 aliphatic carbocycles. The summed E-state index contributed by atoms with van der Waals surface area (Å²) < 4.78 is 90.5. The summed E-state index contributed by atoms with van der Waals surface area (Å²) >= 11 is 11.5. The van der Waals surface area contributed by atoms with Crippen molar-refractivity contribution in [1.29, 1.82) is 0 Å². The monoisotopic (exact) mass is 581 g/mol. The predicted molar refractivity (Wildman–Crippen MR) is 130 cm³/mol. The van der Waals surface area contributed by atoms with Gasteiger partial charge in [0, 0.05) is 23.7 Å². The zero-order chi connectivity index (χ0) is 26.9. The van der Waals surface area contributed by atoms with E-state index in [0.717, 1.165) is 30.7 Å². The summed E-state index contributed by atoms with van der Waals surface area (Å²) in [5, 5.41) is 1.85. The Morgan fingerprint density at radius 3 is 2.31 bits per heavy atom. The van der Waals surface area contributed by atoms with Crippen molar-refractivity contribution in [1.82, 2.24) is 4.98 Å². The van der Waals surface area contributed by atoms with Crippen molar-refractivity contribution in [2.24, 2.45) is 0 Å². The summed E-state index contributed by atoms with van der Waals surface area (Å²) in [6.45, 7) is 0. The van der Waals surface area contributed by atoms with E-state index < -0.39 is 64.6 Å². The van der Waals surface area contributed by atoms with Crippen molar-refractivity contribution < 1.29 is 34.8 Å². The minimum atomic E-state index is -4.91. The molecule has 0 aliphatic heterocycles. The van der Waals surface area contributed by atoms with Gasteiger partial charge in [-0.3, -0.25) is 9.52 Å². The zero-order valence-corrected chi connectivity index (χ0v) is 21.2. The van der Waals surface area contributed by atoms with Crippen LogP contribution in [0.25, 0.3) is 0 Å². The highest BCUT2D eigenvalue weighted by Crippen LogP contribution is 2.36. The molecule has 2 N–H and O–H groups in total. The third kappa shape index (κ3) is 6.66. The Morgan fingerprint density at radius 1 is 1.00 bits per heavy atom. The highest BCUT2D eigenvalue weighted by molar-refractivity contribution is 7.92. The first-order valence-electron chi connectivity index (χ1n) is 9.69. The standard InChI is InChI=1S/C21H16Cl2F3N3O5S2/c1-35(31,32)11-28-17-5-3-2-4-14(17)20(30)19-18(8-12(22)10-27-19)29-36(33,34)13-6-7-16(23)15(9-13)21(24,25)26/h2-10,28-29H,11H2,1H3. The number of benzene rings is 2. The molecular formula is C21H16Cl2F3N3O5S2. The average Bonchev–Trinajstić information content (AvgIpc) is 2.76. The molecule has 0 spiro atoms. The van der Waals surface area contributed by atoms with E-state index in [0.29, 0.717) is 6.07 Å². The maximum Gasteiger partial charge on any atom is 0.417 e. The van der Waals surface area contributed by atoms with Gasteiger partial charge in [-0.05, 0) is 36.4 Å². The van der Waals surface area contributed by atoms with Crippen molar-refractivity contribution in [3.8, 4) is 0 Å². The van der Waals surface area contributed by atoms with Crippen LogP contribution in [0.4, 0.5) is 24.5 Å². The first kappa shape index (κ1) is 27.7. The van der Waals surface area contributed by atoms with Crippen LogP contribution in [0.15, 0.2) is 59.6 Å². The van der Waals surface area contributed by atoms with Gasteiger partial charge in [0.1, 0.15) is 11.6 Å². The van der Waals surface area contributed by atoms with Crippen molar-refractivity contribution in [3.63, 3.8) is 0 Å². The maximum atomic E-state index is 13.3. The minimum absolute atomic E-state index is 0.0396. The van der Waals surface area contributed by atoms with Crippen LogP contribution in [0.3, 0.4) is 0 Å². The third-order valence-electron chi connectivity index (χ3n) is 4.56. The second-order valence-corrected chi connectivity index (χ2v) is 12.1. The first-order valence-corrected chi connectivity index (χ1v) is 14.0. The van der Waals surface area contributed by atoms with Crippen LogP contribution in [0.2, 0.25) is 10.0 Å². The topological polar surface area (TPSA) is 122 Å². The lowest BCUT2D eigenvalue weighted by Gasteiger charge is -2.15. The van der Waals surface area contributed by atoms with Gasteiger partial charge in [-0.15, -0.1) is 0 Å². The molecule has 0 fully saturated rings. The van der Waals surface area contributed by atoms with Gasteiger partial charge in [0.15, 0.2) is 9.84 Å². The number of hydrogen-bond donors (Lipinski definition) is 2. The number of anilines is 2. The number of carbonyl (C=O) groups excluding carboxylic acids is 1. The van der Waals surface area contributed by atoms with Gasteiger partial charge in [0.25, 0.3) is 10.0 Å². The molecule has 36 heavy (non-hydrogen) atoms. The molecule has 3 rings (SSSR count). The molecular weight excluding hydrogens is 566 g/mol. The predicted octanol–water partition coefficient (Wildman–Crippen LogP) is 4.85. The van der Waals surface area contributed by atoms with Crippen LogP contribution in [0, 0.1) is 0 Å². The summed E-state index contributed by atoms with van der Waals surface area (Å²) in [6, 6.07) is 8.89. The molecule has 0 unspecified atom stereocenters. The Labute approximate surface area is 214 Å². The van der Waals surface area contributed by atoms with Crippen molar-refractivity contribution in [2.45, 2.75) is 11.1 Å². The summed E-state index contributed by atoms with van der Waals surface area (Å²) in [5.41, 5.74) is -2.11. The van der Waals surface area contributed by atoms with Gasteiger partial charge >= 0.3 is 6.18 Å². The van der Waals surface area contributed by atoms with E-state index in [9.17, 15) is 34.8 Å². The number of sulfonamides is 1. The Hall–Kier alpha value is -2.87. The number of hydrogen-bond acceptors (Lipinski definition) is 7. The number of rotatable bonds is 8. The van der Waals surface area contributed by atoms with Gasteiger partial charge < -0.3 is 5.32 Å². The van der Waals surface area contributed by atoms with Crippen LogP contribution >= 0.6 is 23.2 Å². The summed E-state index contributed by atoms with van der Waals surface area (Å²) in [5.74, 6) is -1.30. The number of carbonyl (C=O) groups is 1. The number of alkyl halides is 3. The number of ketones is 1. The molecule has 1 heterocycles. The summed E-state index contributed by atoms with van der Waals surface area (Å²) in [7, 11) is -8.11. The molecule has 0 radical (unpaired) electrons. The highest BCUT2D eigenvalue weighted by Gasteiger charge is 2.35. The number of sulfone groups is 1. The number of nitrogens with one attached hydrogen (secondary N) is 2. The Bertz CT molecular complexity index is 1550. The molecule has 0 aliphatic rings. The number of nitrogens with zero attached hydrogens (tertiary/aromatic N) is 1. The van der Waals surface area contributed by atoms with Crippen molar-refractivity contribution in [3.05, 3.63) is 81.6 Å². The fourth-order valence-corrected chi connectivity index (χ4v) is 4.85. The smallest absolute Gasteiger partial charge is 0.371 e. The largest absolute Gasteiger partial charge is 0.417 e. The van der Waals surface area contributed by atoms with E-state index in [1.54, 1.807) is 6.07 Å². The molecule has 0 atom stereocenters. The van der Waals surface area contributed by atoms with E-state index in [1.165, 1.54) is 18.2 Å². The molecule has 192 valence electrons. The molecule has 15 heteroatoms. The zero-order valence-electron chi connectivity index (χ0n) is 18.1. The second-order valence-electron chi connectivity index (χ2n) is 7.42. The van der Waals surface area contributed by atoms with Crippen molar-refractivity contribution in [2.75, 3.05) is 22.2 Å². The summed E-state index contributed by atoms with van der Waals surface area (Å²) in [6.07, 6.45) is -2.85. The lowest BCUT2D eigenvalue weighted by Crippen LogP contribution is -2.19. The molecule has 0 saturated heterocycles. The van der Waals surface area contributed by atoms with Crippen LogP contribution in [-0.2, 0) is 26.0 Å². The third-order valence-corrected chi connectivity index (χ3v) is 7.13. The van der Waals surface area contributed by atoms with Crippen LogP contribution < -0.4 is 10.0 Å².